The fraction of sp³-hybridized carbons (Fsp3) is 0.440. The molecule has 0 N–H and O–H groups in total. The predicted molar refractivity (Wildman–Crippen MR) is 113 cm³/mol. The molecule has 0 unspecified atom stereocenters. The molecule has 1 fully saturated rings. The number of ether oxygens (including phenoxy) is 2. The molecular formula is C25H30O4. The Labute approximate surface area is 173 Å². The molecule has 0 atom stereocenters. The molecule has 0 saturated heterocycles. The van der Waals surface area contributed by atoms with E-state index in [4.69, 9.17) is 9.47 Å². The van der Waals surface area contributed by atoms with Gasteiger partial charge in [0.2, 0.25) is 0 Å². The van der Waals surface area contributed by atoms with Gasteiger partial charge in [0, 0.05) is 11.3 Å². The number of hydrogen-bond acceptors (Lipinski definition) is 4. The van der Waals surface area contributed by atoms with Crippen molar-refractivity contribution in [2.45, 2.75) is 51.9 Å². The van der Waals surface area contributed by atoms with Gasteiger partial charge in [-0.25, -0.2) is 0 Å². The van der Waals surface area contributed by atoms with E-state index in [9.17, 15) is 9.59 Å². The van der Waals surface area contributed by atoms with E-state index in [1.54, 1.807) is 14.0 Å². The van der Waals surface area contributed by atoms with Crippen LogP contribution in [0.5, 0.6) is 11.5 Å². The molecule has 0 amide bonds. The van der Waals surface area contributed by atoms with Crippen molar-refractivity contribution >= 4 is 11.8 Å². The molecule has 2 aromatic rings. The van der Waals surface area contributed by atoms with Gasteiger partial charge in [-0.3, -0.25) is 9.59 Å². The van der Waals surface area contributed by atoms with Crippen LogP contribution in [0.3, 0.4) is 0 Å². The van der Waals surface area contributed by atoms with Gasteiger partial charge >= 0.3 is 5.97 Å². The Morgan fingerprint density at radius 1 is 0.793 bits per heavy atom. The number of rotatable bonds is 6. The van der Waals surface area contributed by atoms with Crippen molar-refractivity contribution in [3.05, 3.63) is 59.7 Å². The zero-order valence-corrected chi connectivity index (χ0v) is 17.7. The molecule has 1 aliphatic carbocycles. The maximum atomic E-state index is 12.5. The second kappa shape index (κ2) is 8.81. The van der Waals surface area contributed by atoms with Crippen molar-refractivity contribution in [2.24, 2.45) is 11.8 Å². The summed E-state index contributed by atoms with van der Waals surface area (Å²) in [5.74, 6) is 1.45. The van der Waals surface area contributed by atoms with Crippen LogP contribution in [0.2, 0.25) is 0 Å². The second-order valence-electron chi connectivity index (χ2n) is 8.46. The van der Waals surface area contributed by atoms with Gasteiger partial charge < -0.3 is 9.47 Å². The maximum Gasteiger partial charge on any atom is 0.314 e. The summed E-state index contributed by atoms with van der Waals surface area (Å²) in [6.07, 6.45) is 3.02. The molecule has 1 aliphatic rings. The minimum Gasteiger partial charge on any atom is -0.497 e. The van der Waals surface area contributed by atoms with Gasteiger partial charge in [0.25, 0.3) is 0 Å². The van der Waals surface area contributed by atoms with Crippen molar-refractivity contribution in [1.82, 2.24) is 0 Å². The van der Waals surface area contributed by atoms with Gasteiger partial charge in [0.15, 0.2) is 0 Å². The molecule has 0 radical (unpaired) electrons. The Morgan fingerprint density at radius 2 is 1.24 bits per heavy atom. The normalized spacial score (nSPS) is 19.4. The quantitative estimate of drug-likeness (QED) is 0.491. The molecule has 1 saturated carbocycles. The fourth-order valence-corrected chi connectivity index (χ4v) is 4.05. The first-order valence-electron chi connectivity index (χ1n) is 10.3. The van der Waals surface area contributed by atoms with E-state index in [1.807, 2.05) is 36.4 Å². The molecule has 0 heterocycles. The zero-order chi connectivity index (χ0) is 21.0. The highest BCUT2D eigenvalue weighted by molar-refractivity contribution is 5.79. The Balaban J connectivity index is 1.63. The molecule has 0 aliphatic heterocycles. The number of hydrogen-bond donors (Lipinski definition) is 0. The molecule has 4 heteroatoms. The van der Waals surface area contributed by atoms with Crippen LogP contribution in [-0.4, -0.2) is 18.9 Å². The van der Waals surface area contributed by atoms with Crippen molar-refractivity contribution in [2.75, 3.05) is 7.11 Å². The monoisotopic (exact) mass is 394 g/mol. The smallest absolute Gasteiger partial charge is 0.314 e. The fourth-order valence-electron chi connectivity index (χ4n) is 4.05. The van der Waals surface area contributed by atoms with Crippen molar-refractivity contribution in [1.29, 1.82) is 0 Å². The number of benzene rings is 2. The Morgan fingerprint density at radius 3 is 1.69 bits per heavy atom. The summed E-state index contributed by atoms with van der Waals surface area (Å²) in [5, 5.41) is 0. The lowest BCUT2D eigenvalue weighted by atomic mass is 9.78. The minimum absolute atomic E-state index is 0.110. The summed E-state index contributed by atoms with van der Waals surface area (Å²) in [5.41, 5.74) is 2.15. The van der Waals surface area contributed by atoms with Crippen LogP contribution in [0.4, 0.5) is 0 Å². The number of methoxy groups -OCH3 is 1. The Kier molecular flexibility index (Phi) is 6.41. The van der Waals surface area contributed by atoms with E-state index in [0.717, 1.165) is 37.0 Å². The summed E-state index contributed by atoms with van der Waals surface area (Å²) in [4.78, 5) is 24.0. The molecule has 0 bridgehead atoms. The minimum atomic E-state index is -0.186. The van der Waals surface area contributed by atoms with Crippen molar-refractivity contribution in [3.8, 4) is 11.5 Å². The van der Waals surface area contributed by atoms with Gasteiger partial charge in [0.05, 0.1) is 13.0 Å². The molecular weight excluding hydrogens is 364 g/mol. The highest BCUT2D eigenvalue weighted by Gasteiger charge is 2.29. The molecule has 0 spiro atoms. The first-order chi connectivity index (χ1) is 13.8. The molecule has 154 valence electrons. The third-order valence-electron chi connectivity index (χ3n) is 6.24. The van der Waals surface area contributed by atoms with Crippen LogP contribution in [0.25, 0.3) is 0 Å². The molecule has 2 aromatic carbocycles. The summed E-state index contributed by atoms with van der Waals surface area (Å²) in [6, 6.07) is 15.8. The summed E-state index contributed by atoms with van der Waals surface area (Å²) in [7, 11) is 1.66. The average Bonchev–Trinajstić information content (AvgIpc) is 2.74. The van der Waals surface area contributed by atoms with E-state index in [0.29, 0.717) is 5.75 Å². The van der Waals surface area contributed by atoms with Crippen LogP contribution < -0.4 is 9.47 Å². The number of carbonyl (C=O) groups is 2. The third kappa shape index (κ3) is 4.87. The van der Waals surface area contributed by atoms with Crippen LogP contribution in [0, 0.1) is 11.8 Å². The topological polar surface area (TPSA) is 52.6 Å². The van der Waals surface area contributed by atoms with Gasteiger partial charge in [-0.1, -0.05) is 38.1 Å². The van der Waals surface area contributed by atoms with E-state index in [-0.39, 0.29) is 29.0 Å². The molecule has 4 nitrogen and oxygen atoms in total. The first-order valence-corrected chi connectivity index (χ1v) is 10.3. The van der Waals surface area contributed by atoms with E-state index < -0.39 is 0 Å². The van der Waals surface area contributed by atoms with Gasteiger partial charge in [-0.15, -0.1) is 0 Å². The lowest BCUT2D eigenvalue weighted by Gasteiger charge is -2.27. The molecule has 0 aromatic heterocycles. The largest absolute Gasteiger partial charge is 0.497 e. The molecule has 3 rings (SSSR count). The number of esters is 1. The van der Waals surface area contributed by atoms with Crippen LogP contribution in [-0.2, 0) is 15.0 Å². The van der Waals surface area contributed by atoms with Gasteiger partial charge in [0.1, 0.15) is 17.3 Å². The standard InChI is InChI=1S/C25H30O4/c1-17(26)18-5-7-19(8-6-18)24(27)29-23-15-11-21(12-16-23)25(2,3)20-9-13-22(28-4)14-10-20/h9-16,18-19H,5-8H2,1-4H3. The lowest BCUT2D eigenvalue weighted by Crippen LogP contribution is -2.27. The highest BCUT2D eigenvalue weighted by Crippen LogP contribution is 2.34. The Hall–Kier alpha value is -2.62. The number of carbonyl (C=O) groups excluding carboxylic acids is 2. The third-order valence-corrected chi connectivity index (χ3v) is 6.24. The van der Waals surface area contributed by atoms with Crippen molar-refractivity contribution in [3.63, 3.8) is 0 Å². The van der Waals surface area contributed by atoms with E-state index >= 15 is 0 Å². The summed E-state index contributed by atoms with van der Waals surface area (Å²) < 4.78 is 10.9. The van der Waals surface area contributed by atoms with Crippen molar-refractivity contribution < 1.29 is 19.1 Å². The second-order valence-corrected chi connectivity index (χ2v) is 8.46. The highest BCUT2D eigenvalue weighted by atomic mass is 16.5. The summed E-state index contributed by atoms with van der Waals surface area (Å²) in [6.45, 7) is 5.98. The Bertz CT molecular complexity index is 841. The molecule has 29 heavy (non-hydrogen) atoms. The van der Waals surface area contributed by atoms with Gasteiger partial charge in [-0.2, -0.15) is 0 Å². The number of Topliss-reactive ketones (excluding diaryl/α,β-unsaturated/α-hetero) is 1. The lowest BCUT2D eigenvalue weighted by molar-refractivity contribution is -0.141. The SMILES string of the molecule is COc1ccc(C(C)(C)c2ccc(OC(=O)C3CCC(C(C)=O)CC3)cc2)cc1. The predicted octanol–water partition coefficient (Wildman–Crippen LogP) is 5.32. The first kappa shape index (κ1) is 21.1. The average molecular weight is 395 g/mol. The van der Waals surface area contributed by atoms with Crippen LogP contribution in [0.1, 0.15) is 57.6 Å². The van der Waals surface area contributed by atoms with E-state index in [2.05, 4.69) is 26.0 Å². The zero-order valence-electron chi connectivity index (χ0n) is 17.7. The summed E-state index contributed by atoms with van der Waals surface area (Å²) >= 11 is 0. The number of ketones is 1. The van der Waals surface area contributed by atoms with Crippen LogP contribution in [0.15, 0.2) is 48.5 Å². The van der Waals surface area contributed by atoms with Crippen LogP contribution >= 0.6 is 0 Å². The van der Waals surface area contributed by atoms with E-state index in [1.165, 1.54) is 5.56 Å². The van der Waals surface area contributed by atoms with Gasteiger partial charge in [-0.05, 0) is 68.0 Å². The maximum absolute atomic E-state index is 12.5.